The van der Waals surface area contributed by atoms with Crippen molar-refractivity contribution in [3.63, 3.8) is 0 Å². The number of nitrogens with zero attached hydrogens (tertiary/aromatic N) is 4. The first-order chi connectivity index (χ1) is 18.6. The van der Waals surface area contributed by atoms with Gasteiger partial charge in [0.2, 0.25) is 0 Å². The summed E-state index contributed by atoms with van der Waals surface area (Å²) >= 11 is 12.1. The van der Waals surface area contributed by atoms with Crippen molar-refractivity contribution in [1.82, 2.24) is 0 Å². The van der Waals surface area contributed by atoms with Gasteiger partial charge in [-0.25, -0.2) is 8.42 Å². The van der Waals surface area contributed by atoms with Crippen LogP contribution in [-0.2, 0) is 21.3 Å². The molecule has 0 radical (unpaired) electrons. The fraction of sp³-hybridized carbons (Fsp3) is 0.500. The predicted molar refractivity (Wildman–Crippen MR) is 155 cm³/mol. The molecule has 1 aliphatic rings. The summed E-state index contributed by atoms with van der Waals surface area (Å²) in [7, 11) is -4.83. The molecule has 1 amide bonds. The maximum absolute atomic E-state index is 13.0. The number of benzene rings is 2. The molecule has 0 N–H and O–H groups in total. The van der Waals surface area contributed by atoms with Crippen molar-refractivity contribution in [3.05, 3.63) is 52.0 Å². The standard InChI is InChI=1S/C28H36Cl2N4O4S.Na/c1-3-4-5-6-7-8-9-10-11-12-13-21-14-16-22(17-15-21)31-32-27-20(2)33-34(28(27)35)25-18-24(30)26(19-23(25)29)39(36,37)38;/h14-19,27H,3-13H2,1-2H3,(H,36,37,38);/q;+1/p-1. The van der Waals surface area contributed by atoms with Crippen LogP contribution >= 0.6 is 23.2 Å². The zero-order valence-electron chi connectivity index (χ0n) is 23.4. The fourth-order valence-corrected chi connectivity index (χ4v) is 5.71. The topological polar surface area (TPSA) is 115 Å². The van der Waals surface area contributed by atoms with E-state index in [1.807, 2.05) is 24.3 Å². The van der Waals surface area contributed by atoms with Gasteiger partial charge in [-0.3, -0.25) is 4.79 Å². The second kappa shape index (κ2) is 16.9. The first-order valence-corrected chi connectivity index (χ1v) is 15.6. The normalized spacial score (nSPS) is 15.5. The van der Waals surface area contributed by atoms with Crippen LogP contribution < -0.4 is 34.6 Å². The average Bonchev–Trinajstić information content (AvgIpc) is 3.17. The Labute approximate surface area is 269 Å². The fourth-order valence-electron chi connectivity index (χ4n) is 4.40. The van der Waals surface area contributed by atoms with E-state index in [9.17, 15) is 17.8 Å². The average molecular weight is 618 g/mol. The summed E-state index contributed by atoms with van der Waals surface area (Å²) in [6.45, 7) is 3.87. The predicted octanol–water partition coefficient (Wildman–Crippen LogP) is 5.24. The molecule has 1 heterocycles. The zero-order chi connectivity index (χ0) is 28.4. The summed E-state index contributed by atoms with van der Waals surface area (Å²) < 4.78 is 34.0. The van der Waals surface area contributed by atoms with E-state index >= 15 is 0 Å². The number of rotatable bonds is 15. The van der Waals surface area contributed by atoms with Gasteiger partial charge in [-0.2, -0.15) is 20.3 Å². The molecule has 1 unspecified atom stereocenters. The van der Waals surface area contributed by atoms with E-state index in [1.165, 1.54) is 63.4 Å². The number of carbonyl (C=O) groups excluding carboxylic acids is 1. The van der Waals surface area contributed by atoms with Crippen molar-refractivity contribution >= 4 is 56.3 Å². The van der Waals surface area contributed by atoms with Crippen molar-refractivity contribution in [2.24, 2.45) is 15.3 Å². The van der Waals surface area contributed by atoms with Crippen LogP contribution in [0.2, 0.25) is 10.0 Å². The van der Waals surface area contributed by atoms with Gasteiger partial charge >= 0.3 is 29.6 Å². The smallest absolute Gasteiger partial charge is 0.744 e. The van der Waals surface area contributed by atoms with Crippen molar-refractivity contribution in [2.45, 2.75) is 95.4 Å². The SMILES string of the molecule is CCCCCCCCCCCCc1ccc(N=NC2C(=O)N(c3cc(Cl)c(S(=O)(=O)[O-])cc3Cl)N=C2C)cc1.[Na+]. The Hall–Kier alpha value is -1.33. The van der Waals surface area contributed by atoms with Gasteiger partial charge in [-0.15, -0.1) is 0 Å². The maximum atomic E-state index is 13.0. The Bertz CT molecular complexity index is 1300. The van der Waals surface area contributed by atoms with E-state index in [1.54, 1.807) is 6.92 Å². The molecule has 0 aromatic heterocycles. The number of unbranched alkanes of at least 4 members (excludes halogenated alkanes) is 9. The van der Waals surface area contributed by atoms with Gasteiger partial charge in [0.1, 0.15) is 10.1 Å². The van der Waals surface area contributed by atoms with Crippen LogP contribution in [0.3, 0.4) is 0 Å². The summed E-state index contributed by atoms with van der Waals surface area (Å²) in [5, 5.41) is 13.1. The molecule has 40 heavy (non-hydrogen) atoms. The molecule has 3 rings (SSSR count). The number of hydrogen-bond donors (Lipinski definition) is 0. The number of halogens is 2. The molecule has 212 valence electrons. The molecule has 0 spiro atoms. The zero-order valence-corrected chi connectivity index (χ0v) is 27.7. The molecule has 8 nitrogen and oxygen atoms in total. The first-order valence-electron chi connectivity index (χ1n) is 13.5. The number of amides is 1. The number of carbonyl (C=O) groups is 1. The van der Waals surface area contributed by atoms with E-state index in [4.69, 9.17) is 23.2 Å². The van der Waals surface area contributed by atoms with E-state index < -0.39 is 27.0 Å². The largest absolute Gasteiger partial charge is 1.00 e. The van der Waals surface area contributed by atoms with Crippen LogP contribution in [0.5, 0.6) is 0 Å². The van der Waals surface area contributed by atoms with E-state index in [0.29, 0.717) is 11.4 Å². The van der Waals surface area contributed by atoms with Crippen LogP contribution in [0.25, 0.3) is 0 Å². The first kappa shape index (κ1) is 34.9. The molecule has 0 saturated carbocycles. The Morgan fingerprint density at radius 3 is 2.08 bits per heavy atom. The second-order valence-corrected chi connectivity index (χ2v) is 12.0. The summed E-state index contributed by atoms with van der Waals surface area (Å²) in [6, 6.07) is 8.86. The van der Waals surface area contributed by atoms with Gasteiger partial charge < -0.3 is 4.55 Å². The molecule has 1 atom stereocenters. The number of hydrogen-bond acceptors (Lipinski definition) is 7. The van der Waals surface area contributed by atoms with Crippen LogP contribution in [0.15, 0.2) is 56.6 Å². The van der Waals surface area contributed by atoms with E-state index in [0.717, 1.165) is 30.0 Å². The van der Waals surface area contributed by atoms with Crippen molar-refractivity contribution in [1.29, 1.82) is 0 Å². The monoisotopic (exact) mass is 616 g/mol. The van der Waals surface area contributed by atoms with Crippen molar-refractivity contribution in [3.8, 4) is 0 Å². The third kappa shape index (κ3) is 10.2. The minimum atomic E-state index is -4.83. The Kier molecular flexibility index (Phi) is 14.8. The van der Waals surface area contributed by atoms with Gasteiger partial charge in [-0.1, -0.05) is 100 Å². The van der Waals surface area contributed by atoms with Crippen LogP contribution in [0.1, 0.15) is 83.6 Å². The molecule has 0 bridgehead atoms. The van der Waals surface area contributed by atoms with Crippen molar-refractivity contribution < 1.29 is 47.3 Å². The molecule has 0 saturated heterocycles. The second-order valence-electron chi connectivity index (χ2n) is 9.80. The molecular formula is C28H35Cl2N4NaO4S. The number of aryl methyl sites for hydroxylation is 1. The Balaban J connectivity index is 0.00000560. The third-order valence-electron chi connectivity index (χ3n) is 6.64. The van der Waals surface area contributed by atoms with Gasteiger partial charge in [-0.05, 0) is 49.6 Å². The van der Waals surface area contributed by atoms with Gasteiger partial charge in [0.15, 0.2) is 6.04 Å². The van der Waals surface area contributed by atoms with Gasteiger partial charge in [0, 0.05) is 0 Å². The van der Waals surface area contributed by atoms with Crippen LogP contribution in [0, 0.1) is 0 Å². The summed E-state index contributed by atoms with van der Waals surface area (Å²) in [5.74, 6) is -0.524. The van der Waals surface area contributed by atoms with Crippen LogP contribution in [-0.4, -0.2) is 30.6 Å². The maximum Gasteiger partial charge on any atom is 1.00 e. The number of anilines is 1. The Morgan fingerprint density at radius 1 is 0.925 bits per heavy atom. The van der Waals surface area contributed by atoms with Crippen molar-refractivity contribution in [2.75, 3.05) is 5.01 Å². The molecule has 1 aliphatic heterocycles. The van der Waals surface area contributed by atoms with E-state index in [2.05, 4.69) is 22.3 Å². The Morgan fingerprint density at radius 2 is 1.50 bits per heavy atom. The molecule has 12 heteroatoms. The number of hydrazone groups is 1. The number of azo groups is 1. The molecule has 2 aromatic rings. The minimum absolute atomic E-state index is 0. The summed E-state index contributed by atoms with van der Waals surface area (Å²) in [4.78, 5) is 12.3. The third-order valence-corrected chi connectivity index (χ3v) is 8.24. The van der Waals surface area contributed by atoms with Gasteiger partial charge in [0.05, 0.1) is 32.0 Å². The van der Waals surface area contributed by atoms with Gasteiger partial charge in [0.25, 0.3) is 5.91 Å². The molecule has 2 aromatic carbocycles. The molecular weight excluding hydrogens is 582 g/mol. The quantitative estimate of drug-likeness (QED) is 0.118. The van der Waals surface area contributed by atoms with Crippen LogP contribution in [0.4, 0.5) is 11.4 Å². The summed E-state index contributed by atoms with van der Waals surface area (Å²) in [5.41, 5.74) is 2.29. The summed E-state index contributed by atoms with van der Waals surface area (Å²) in [6.07, 6.45) is 14.1. The molecule has 0 fully saturated rings. The minimum Gasteiger partial charge on any atom is -0.744 e. The molecule has 0 aliphatic carbocycles. The van der Waals surface area contributed by atoms with E-state index in [-0.39, 0.29) is 45.3 Å².